The van der Waals surface area contributed by atoms with Crippen molar-refractivity contribution in [2.24, 2.45) is 0 Å². The summed E-state index contributed by atoms with van der Waals surface area (Å²) < 4.78 is 7.13. The molecule has 0 saturated heterocycles. The molecule has 0 spiro atoms. The first kappa shape index (κ1) is 12.3. The van der Waals surface area contributed by atoms with Crippen LogP contribution < -0.4 is 10.3 Å². The van der Waals surface area contributed by atoms with E-state index in [2.05, 4.69) is 9.97 Å². The molecule has 0 radical (unpaired) electrons. The standard InChI is InChI=1S/C15H10ClN3O2/c16-9-1-3-10(4-2-9)19-14-12(17-6-7-18-14)13-11(15(19)20)5-8-21-13/h1-4,6-7H,5,8H2. The van der Waals surface area contributed by atoms with Gasteiger partial charge in [-0.05, 0) is 24.3 Å². The fraction of sp³-hybridized carbons (Fsp3) is 0.133. The summed E-state index contributed by atoms with van der Waals surface area (Å²) in [4.78, 5) is 21.4. The zero-order chi connectivity index (χ0) is 14.4. The molecular weight excluding hydrogens is 290 g/mol. The van der Waals surface area contributed by atoms with Crippen molar-refractivity contribution in [1.82, 2.24) is 14.5 Å². The van der Waals surface area contributed by atoms with Gasteiger partial charge in [0.15, 0.2) is 11.4 Å². The topological polar surface area (TPSA) is 57.0 Å². The molecule has 0 fully saturated rings. The van der Waals surface area contributed by atoms with Gasteiger partial charge in [0.05, 0.1) is 17.9 Å². The molecule has 6 heteroatoms. The van der Waals surface area contributed by atoms with Crippen molar-refractivity contribution < 1.29 is 4.74 Å². The molecule has 5 nitrogen and oxygen atoms in total. The normalized spacial score (nSPS) is 13.2. The van der Waals surface area contributed by atoms with Crippen molar-refractivity contribution in [3.05, 3.63) is 57.6 Å². The molecule has 2 aromatic heterocycles. The predicted octanol–water partition coefficient (Wildman–Crippen LogP) is 2.37. The van der Waals surface area contributed by atoms with E-state index >= 15 is 0 Å². The van der Waals surface area contributed by atoms with E-state index in [0.29, 0.717) is 46.2 Å². The summed E-state index contributed by atoms with van der Waals surface area (Å²) in [5.74, 6) is 0.563. The fourth-order valence-electron chi connectivity index (χ4n) is 2.59. The molecule has 0 amide bonds. The Bertz CT molecular complexity index is 903. The molecular formula is C15H10ClN3O2. The Morgan fingerprint density at radius 2 is 1.90 bits per heavy atom. The number of hydrogen-bond acceptors (Lipinski definition) is 4. The molecule has 0 bridgehead atoms. The number of hydrogen-bond donors (Lipinski definition) is 0. The highest BCUT2D eigenvalue weighted by Crippen LogP contribution is 2.30. The predicted molar refractivity (Wildman–Crippen MR) is 79.3 cm³/mol. The van der Waals surface area contributed by atoms with Crippen molar-refractivity contribution in [2.75, 3.05) is 6.61 Å². The van der Waals surface area contributed by atoms with Gasteiger partial charge in [-0.3, -0.25) is 9.36 Å². The van der Waals surface area contributed by atoms with Gasteiger partial charge in [0.2, 0.25) is 0 Å². The van der Waals surface area contributed by atoms with E-state index in [4.69, 9.17) is 16.3 Å². The molecule has 3 heterocycles. The van der Waals surface area contributed by atoms with Crippen molar-refractivity contribution in [2.45, 2.75) is 6.42 Å². The summed E-state index contributed by atoms with van der Waals surface area (Å²) in [6, 6.07) is 7.07. The van der Waals surface area contributed by atoms with Crippen molar-refractivity contribution in [3.8, 4) is 11.4 Å². The number of halogens is 1. The lowest BCUT2D eigenvalue weighted by atomic mass is 10.2. The Hall–Kier alpha value is -2.40. The van der Waals surface area contributed by atoms with E-state index in [1.807, 2.05) is 0 Å². The summed E-state index contributed by atoms with van der Waals surface area (Å²) in [6.07, 6.45) is 3.75. The van der Waals surface area contributed by atoms with E-state index in [9.17, 15) is 4.79 Å². The highest BCUT2D eigenvalue weighted by atomic mass is 35.5. The highest BCUT2D eigenvalue weighted by Gasteiger charge is 2.24. The van der Waals surface area contributed by atoms with E-state index in [1.54, 1.807) is 41.2 Å². The molecule has 4 rings (SSSR count). The molecule has 104 valence electrons. The van der Waals surface area contributed by atoms with Gasteiger partial charge in [0.25, 0.3) is 5.56 Å². The molecule has 0 N–H and O–H groups in total. The Morgan fingerprint density at radius 3 is 2.71 bits per heavy atom. The third-order valence-electron chi connectivity index (χ3n) is 3.52. The molecule has 0 saturated carbocycles. The molecule has 21 heavy (non-hydrogen) atoms. The minimum atomic E-state index is -0.113. The zero-order valence-corrected chi connectivity index (χ0v) is 11.7. The summed E-state index contributed by atoms with van der Waals surface area (Å²) in [5, 5.41) is 0.617. The van der Waals surface area contributed by atoms with E-state index in [-0.39, 0.29) is 5.56 Å². The van der Waals surface area contributed by atoms with E-state index in [1.165, 1.54) is 0 Å². The second-order valence-corrected chi connectivity index (χ2v) is 5.19. The van der Waals surface area contributed by atoms with Crippen LogP contribution in [0.2, 0.25) is 5.02 Å². The largest absolute Gasteiger partial charge is 0.490 e. The maximum absolute atomic E-state index is 12.7. The minimum Gasteiger partial charge on any atom is -0.490 e. The summed E-state index contributed by atoms with van der Waals surface area (Å²) in [5.41, 5.74) is 2.35. The maximum atomic E-state index is 12.7. The second kappa shape index (κ2) is 4.56. The molecule has 0 unspecified atom stereocenters. The van der Waals surface area contributed by atoms with Crippen LogP contribution in [0.1, 0.15) is 5.56 Å². The van der Waals surface area contributed by atoms with Crippen molar-refractivity contribution in [3.63, 3.8) is 0 Å². The third kappa shape index (κ3) is 1.81. The van der Waals surface area contributed by atoms with Gasteiger partial charge in [-0.2, -0.15) is 0 Å². The fourth-order valence-corrected chi connectivity index (χ4v) is 2.71. The Morgan fingerprint density at radius 1 is 1.14 bits per heavy atom. The van der Waals surface area contributed by atoms with Gasteiger partial charge < -0.3 is 4.74 Å². The Labute approximate surface area is 124 Å². The summed E-state index contributed by atoms with van der Waals surface area (Å²) in [6.45, 7) is 0.501. The Kier molecular flexibility index (Phi) is 2.68. The number of pyridine rings is 1. The van der Waals surface area contributed by atoms with E-state index in [0.717, 1.165) is 0 Å². The smallest absolute Gasteiger partial charge is 0.263 e. The van der Waals surface area contributed by atoms with Crippen LogP contribution in [0.15, 0.2) is 41.5 Å². The average Bonchev–Trinajstić information content (AvgIpc) is 2.99. The van der Waals surface area contributed by atoms with Crippen LogP contribution >= 0.6 is 11.6 Å². The average molecular weight is 300 g/mol. The number of rotatable bonds is 1. The number of aromatic nitrogens is 3. The van der Waals surface area contributed by atoms with Gasteiger partial charge in [-0.15, -0.1) is 0 Å². The van der Waals surface area contributed by atoms with Gasteiger partial charge >= 0.3 is 0 Å². The number of fused-ring (bicyclic) bond motifs is 3. The first-order chi connectivity index (χ1) is 10.3. The molecule has 1 aliphatic rings. The highest BCUT2D eigenvalue weighted by molar-refractivity contribution is 6.30. The van der Waals surface area contributed by atoms with Crippen molar-refractivity contribution >= 4 is 22.8 Å². The van der Waals surface area contributed by atoms with Crippen LogP contribution in [0.3, 0.4) is 0 Å². The molecule has 3 aromatic rings. The van der Waals surface area contributed by atoms with Crippen LogP contribution in [0.4, 0.5) is 0 Å². The van der Waals surface area contributed by atoms with Gasteiger partial charge in [-0.1, -0.05) is 11.6 Å². The number of benzene rings is 1. The molecule has 0 atom stereocenters. The monoisotopic (exact) mass is 299 g/mol. The van der Waals surface area contributed by atoms with E-state index < -0.39 is 0 Å². The molecule has 1 aliphatic heterocycles. The summed E-state index contributed by atoms with van der Waals surface area (Å²) in [7, 11) is 0. The first-order valence-electron chi connectivity index (χ1n) is 6.53. The van der Waals surface area contributed by atoms with Gasteiger partial charge in [-0.25, -0.2) is 9.97 Å². The molecule has 0 aliphatic carbocycles. The van der Waals surface area contributed by atoms with Gasteiger partial charge in [0, 0.05) is 23.8 Å². The minimum absolute atomic E-state index is 0.113. The van der Waals surface area contributed by atoms with Crippen LogP contribution in [0, 0.1) is 0 Å². The van der Waals surface area contributed by atoms with Crippen LogP contribution in [0.5, 0.6) is 5.75 Å². The quantitative estimate of drug-likeness (QED) is 0.692. The lowest BCUT2D eigenvalue weighted by molar-refractivity contribution is 0.359. The van der Waals surface area contributed by atoms with Crippen molar-refractivity contribution in [1.29, 1.82) is 0 Å². The zero-order valence-electron chi connectivity index (χ0n) is 10.9. The van der Waals surface area contributed by atoms with Crippen LogP contribution in [-0.4, -0.2) is 21.1 Å². The lowest BCUT2D eigenvalue weighted by Crippen LogP contribution is -2.22. The first-order valence-corrected chi connectivity index (χ1v) is 6.91. The van der Waals surface area contributed by atoms with Gasteiger partial charge in [0.1, 0.15) is 5.52 Å². The number of ether oxygens (including phenoxy) is 1. The molecule has 1 aromatic carbocycles. The SMILES string of the molecule is O=c1c2c(c3nccnc3n1-c1ccc(Cl)cc1)OCC2. The number of nitrogens with zero attached hydrogens (tertiary/aromatic N) is 3. The lowest BCUT2D eigenvalue weighted by Gasteiger charge is -2.11. The second-order valence-electron chi connectivity index (χ2n) is 4.75. The maximum Gasteiger partial charge on any atom is 0.263 e. The van der Waals surface area contributed by atoms with Crippen LogP contribution in [0.25, 0.3) is 16.9 Å². The summed E-state index contributed by atoms with van der Waals surface area (Å²) >= 11 is 5.92. The Balaban J connectivity index is 2.14. The third-order valence-corrected chi connectivity index (χ3v) is 3.78. The van der Waals surface area contributed by atoms with Crippen LogP contribution in [-0.2, 0) is 6.42 Å².